The minimum Gasteiger partial charge on any atom is -0.460 e. The zero-order valence-electron chi connectivity index (χ0n) is 33.1. The van der Waals surface area contributed by atoms with Gasteiger partial charge in [0.1, 0.15) is 17.2 Å². The lowest BCUT2D eigenvalue weighted by Crippen LogP contribution is -2.64. The summed E-state index contributed by atoms with van der Waals surface area (Å²) in [6, 6.07) is 18.6. The van der Waals surface area contributed by atoms with Gasteiger partial charge < -0.3 is 34.0 Å². The lowest BCUT2D eigenvalue weighted by atomic mass is 9.56. The summed E-state index contributed by atoms with van der Waals surface area (Å²) in [7, 11) is 0. The Morgan fingerprint density at radius 2 is 1.77 bits per heavy atom. The number of aromatic nitrogens is 1. The minimum atomic E-state index is -1.03. The topological polar surface area (TPSA) is 112 Å². The van der Waals surface area contributed by atoms with Gasteiger partial charge in [-0.05, 0) is 135 Å². The first-order valence-electron chi connectivity index (χ1n) is 20.7. The van der Waals surface area contributed by atoms with Gasteiger partial charge in [0.25, 0.3) is 0 Å². The molecule has 0 bridgehead atoms. The molecule has 7 atom stereocenters. The summed E-state index contributed by atoms with van der Waals surface area (Å²) >= 11 is 3.57. The number of aryl methyl sites for hydroxylation is 1. The molecule has 57 heavy (non-hydrogen) atoms. The van der Waals surface area contributed by atoms with E-state index in [0.717, 1.165) is 104 Å². The Morgan fingerprint density at radius 3 is 2.51 bits per heavy atom. The van der Waals surface area contributed by atoms with Gasteiger partial charge in [0.2, 0.25) is 12.1 Å². The predicted octanol–water partition coefficient (Wildman–Crippen LogP) is 9.73. The number of aliphatic hydroxyl groups is 2. The highest BCUT2D eigenvalue weighted by Crippen LogP contribution is 2.62. The van der Waals surface area contributed by atoms with E-state index in [1.54, 1.807) is 11.8 Å². The Labute approximate surface area is 346 Å². The predicted molar refractivity (Wildman–Crippen MR) is 228 cm³/mol. The molecule has 7 unspecified atom stereocenters. The van der Waals surface area contributed by atoms with E-state index in [1.807, 2.05) is 48.4 Å². The number of ether oxygens (including phenoxy) is 4. The van der Waals surface area contributed by atoms with Gasteiger partial charge in [-0.1, -0.05) is 30.1 Å². The van der Waals surface area contributed by atoms with Crippen molar-refractivity contribution in [1.82, 2.24) is 4.98 Å². The van der Waals surface area contributed by atoms with E-state index < -0.39 is 5.79 Å². The number of benzene rings is 2. The standard InChI is InChI=1S/C46H58N2O7S2/c1-3-26-52-46-42(57-28-21-32-19-22-47-23-20-32)31-40(48-55-43-12-6-9-27-51-43)38-29-33(10-4-7-24-49)37(11-5-8-25-50)44(45(38)46)39-30-35(15-18-41(39)54-46)53-34-13-16-36(56-2)17-14-34/h3,13-20,22-23,29-30,33,37,42-45,49-50H,1,4-12,21,24-28,31H2,2H3. The van der Waals surface area contributed by atoms with Crippen molar-refractivity contribution in [3.63, 3.8) is 0 Å². The number of oxime groups is 1. The molecule has 3 aromatic rings. The van der Waals surface area contributed by atoms with Gasteiger partial charge in [0.05, 0.1) is 30.1 Å². The van der Waals surface area contributed by atoms with Crippen molar-refractivity contribution in [2.45, 2.75) is 98.8 Å². The zero-order valence-corrected chi connectivity index (χ0v) is 34.8. The van der Waals surface area contributed by atoms with Gasteiger partial charge in [-0.2, -0.15) is 11.8 Å². The molecule has 4 aliphatic rings. The molecule has 9 nitrogen and oxygen atoms in total. The molecule has 3 heterocycles. The molecule has 2 aliphatic carbocycles. The van der Waals surface area contributed by atoms with Gasteiger partial charge in [0.15, 0.2) is 0 Å². The summed E-state index contributed by atoms with van der Waals surface area (Å²) in [6.45, 7) is 5.40. The number of thioether (sulfide) groups is 2. The van der Waals surface area contributed by atoms with E-state index in [2.05, 4.69) is 60.3 Å². The number of pyridine rings is 1. The number of fused-ring (bicyclic) bond motifs is 2. The van der Waals surface area contributed by atoms with Crippen LogP contribution in [0.4, 0.5) is 0 Å². The smallest absolute Gasteiger partial charge is 0.230 e. The van der Waals surface area contributed by atoms with E-state index in [-0.39, 0.29) is 48.4 Å². The quantitative estimate of drug-likeness (QED) is 0.0495. The summed E-state index contributed by atoms with van der Waals surface area (Å²) in [5, 5.41) is 24.7. The van der Waals surface area contributed by atoms with E-state index in [0.29, 0.717) is 19.6 Å². The normalized spacial score (nSPS) is 27.1. The molecule has 0 radical (unpaired) electrons. The Bertz CT molecular complexity index is 1800. The first-order chi connectivity index (χ1) is 28.1. The van der Waals surface area contributed by atoms with Crippen LogP contribution in [0.15, 0.2) is 101 Å². The van der Waals surface area contributed by atoms with Crippen molar-refractivity contribution in [1.29, 1.82) is 0 Å². The maximum absolute atomic E-state index is 9.95. The first kappa shape index (κ1) is 41.8. The average molecular weight is 815 g/mol. The van der Waals surface area contributed by atoms with Crippen LogP contribution < -0.4 is 9.47 Å². The molecular formula is C46H58N2O7S2. The second-order valence-electron chi connectivity index (χ2n) is 15.4. The number of allylic oxidation sites excluding steroid dienone is 1. The third-order valence-electron chi connectivity index (χ3n) is 11.8. The highest BCUT2D eigenvalue weighted by Gasteiger charge is 2.64. The fourth-order valence-corrected chi connectivity index (χ4v) is 10.9. The van der Waals surface area contributed by atoms with Crippen molar-refractivity contribution in [3.8, 4) is 17.2 Å². The Kier molecular flexibility index (Phi) is 15.1. The maximum Gasteiger partial charge on any atom is 0.230 e. The van der Waals surface area contributed by atoms with Gasteiger partial charge in [-0.15, -0.1) is 18.3 Å². The van der Waals surface area contributed by atoms with E-state index >= 15 is 0 Å². The van der Waals surface area contributed by atoms with Gasteiger partial charge in [0, 0.05) is 54.8 Å². The zero-order chi connectivity index (χ0) is 39.5. The molecular weight excluding hydrogens is 757 g/mol. The molecule has 1 saturated heterocycles. The highest BCUT2D eigenvalue weighted by molar-refractivity contribution is 8.00. The molecule has 1 saturated carbocycles. The van der Waals surface area contributed by atoms with Crippen molar-refractivity contribution in [2.75, 3.05) is 38.4 Å². The second kappa shape index (κ2) is 20.6. The Hall–Kier alpha value is -3.32. The van der Waals surface area contributed by atoms with Crippen LogP contribution in [-0.2, 0) is 20.7 Å². The summed E-state index contributed by atoms with van der Waals surface area (Å²) in [6.07, 6.45) is 19.2. The minimum absolute atomic E-state index is 0.0152. The summed E-state index contributed by atoms with van der Waals surface area (Å²) < 4.78 is 27.0. The monoisotopic (exact) mass is 814 g/mol. The molecule has 1 aromatic heterocycles. The van der Waals surface area contributed by atoms with Crippen LogP contribution in [0.3, 0.4) is 0 Å². The molecule has 0 spiro atoms. The molecule has 2 aliphatic heterocycles. The number of hydrogen-bond donors (Lipinski definition) is 2. The van der Waals surface area contributed by atoms with Crippen LogP contribution in [0.1, 0.15) is 81.3 Å². The van der Waals surface area contributed by atoms with Crippen LogP contribution in [-0.4, -0.2) is 76.7 Å². The lowest BCUT2D eigenvalue weighted by Gasteiger charge is -2.58. The lowest BCUT2D eigenvalue weighted by molar-refractivity contribution is -0.223. The molecule has 7 rings (SSSR count). The molecule has 11 heteroatoms. The van der Waals surface area contributed by atoms with Crippen molar-refractivity contribution >= 4 is 29.2 Å². The van der Waals surface area contributed by atoms with Crippen LogP contribution >= 0.6 is 23.5 Å². The average Bonchev–Trinajstić information content (AvgIpc) is 3.25. The third kappa shape index (κ3) is 9.94. The number of unbranched alkanes of at least 4 members (excludes halogenated alkanes) is 2. The fraction of sp³-hybridized carbons (Fsp3) is 0.522. The SMILES string of the molecule is C=CCOC12Oc3ccc(Oc4ccc(SC)cc4)cc3C3C(CCCCO)C(CCCCO)C=C(C(=NOC4CCCCO4)CC1SCCc1ccncc1)C32. The van der Waals surface area contributed by atoms with Crippen LogP contribution in [0.5, 0.6) is 17.2 Å². The van der Waals surface area contributed by atoms with E-state index in [4.69, 9.17) is 28.9 Å². The number of hydrogen-bond acceptors (Lipinski definition) is 11. The van der Waals surface area contributed by atoms with Crippen molar-refractivity contribution in [3.05, 3.63) is 102 Å². The van der Waals surface area contributed by atoms with Gasteiger partial charge in [-0.25, -0.2) is 0 Å². The number of aliphatic hydroxyl groups excluding tert-OH is 2. The van der Waals surface area contributed by atoms with Crippen molar-refractivity contribution < 1.29 is 34.0 Å². The molecule has 0 amide bonds. The number of nitrogens with zero attached hydrogens (tertiary/aromatic N) is 2. The van der Waals surface area contributed by atoms with Gasteiger partial charge in [-0.3, -0.25) is 4.98 Å². The van der Waals surface area contributed by atoms with Gasteiger partial charge >= 0.3 is 0 Å². The second-order valence-corrected chi connectivity index (χ2v) is 17.6. The fourth-order valence-electron chi connectivity index (χ4n) is 9.10. The van der Waals surface area contributed by atoms with Crippen LogP contribution in [0, 0.1) is 17.8 Å². The van der Waals surface area contributed by atoms with E-state index in [9.17, 15) is 10.2 Å². The largest absolute Gasteiger partial charge is 0.460 e. The third-order valence-corrected chi connectivity index (χ3v) is 13.9. The maximum atomic E-state index is 9.95. The summed E-state index contributed by atoms with van der Waals surface area (Å²) in [5.74, 6) is 2.34. The summed E-state index contributed by atoms with van der Waals surface area (Å²) in [4.78, 5) is 11.7. The van der Waals surface area contributed by atoms with E-state index in [1.165, 1.54) is 10.5 Å². The molecule has 2 N–H and O–H groups in total. The summed E-state index contributed by atoms with van der Waals surface area (Å²) in [5.41, 5.74) is 4.37. The first-order valence-corrected chi connectivity index (χ1v) is 23.0. The van der Waals surface area contributed by atoms with Crippen LogP contribution in [0.2, 0.25) is 0 Å². The highest BCUT2D eigenvalue weighted by atomic mass is 32.2. The van der Waals surface area contributed by atoms with Crippen LogP contribution in [0.25, 0.3) is 0 Å². The molecule has 2 fully saturated rings. The number of rotatable bonds is 20. The molecule has 306 valence electrons. The van der Waals surface area contributed by atoms with Crippen molar-refractivity contribution in [2.24, 2.45) is 22.9 Å². The Balaban J connectivity index is 1.35. The Morgan fingerprint density at radius 1 is 0.982 bits per heavy atom. The molecule has 2 aromatic carbocycles.